The predicted molar refractivity (Wildman–Crippen MR) is 73.4 cm³/mol. The average Bonchev–Trinajstić information content (AvgIpc) is 2.86. The lowest BCUT2D eigenvalue weighted by atomic mass is 9.82. The SMILES string of the molecule is CCC(C)(C)NC(=O)N1CC[C@]2(CN)CCC[C@H]12. The highest BCUT2D eigenvalue weighted by atomic mass is 16.2. The fraction of sp³-hybridized carbons (Fsp3) is 0.929. The number of carbonyl (C=O) groups excluding carboxylic acids is 1. The molecule has 1 saturated carbocycles. The van der Waals surface area contributed by atoms with E-state index in [9.17, 15) is 4.79 Å². The lowest BCUT2D eigenvalue weighted by Crippen LogP contribution is -2.52. The molecule has 4 heteroatoms. The van der Waals surface area contributed by atoms with Crippen LogP contribution in [0.15, 0.2) is 0 Å². The Balaban J connectivity index is 2.05. The van der Waals surface area contributed by atoms with Gasteiger partial charge in [0, 0.05) is 23.5 Å². The van der Waals surface area contributed by atoms with Gasteiger partial charge in [0.25, 0.3) is 0 Å². The molecule has 1 aliphatic carbocycles. The van der Waals surface area contributed by atoms with E-state index in [1.807, 2.05) is 4.90 Å². The highest BCUT2D eigenvalue weighted by Crippen LogP contribution is 2.47. The Labute approximate surface area is 110 Å². The van der Waals surface area contributed by atoms with E-state index in [0.29, 0.717) is 6.04 Å². The second-order valence-corrected chi connectivity index (χ2v) is 6.59. The summed E-state index contributed by atoms with van der Waals surface area (Å²) in [7, 11) is 0. The van der Waals surface area contributed by atoms with Crippen LogP contribution in [0.25, 0.3) is 0 Å². The van der Waals surface area contributed by atoms with Crippen molar-refractivity contribution in [1.29, 1.82) is 0 Å². The first-order valence-corrected chi connectivity index (χ1v) is 7.23. The minimum Gasteiger partial charge on any atom is -0.333 e. The summed E-state index contributed by atoms with van der Waals surface area (Å²) in [6, 6.07) is 0.472. The number of carbonyl (C=O) groups is 1. The van der Waals surface area contributed by atoms with E-state index in [2.05, 4.69) is 26.1 Å². The van der Waals surface area contributed by atoms with E-state index in [1.54, 1.807) is 0 Å². The average molecular weight is 253 g/mol. The number of likely N-dealkylation sites (tertiary alicyclic amines) is 1. The van der Waals surface area contributed by atoms with Gasteiger partial charge in [-0.1, -0.05) is 13.3 Å². The molecule has 0 aromatic heterocycles. The summed E-state index contributed by atoms with van der Waals surface area (Å²) in [5, 5.41) is 3.15. The Morgan fingerprint density at radius 1 is 1.50 bits per heavy atom. The quantitative estimate of drug-likeness (QED) is 0.809. The zero-order valence-corrected chi connectivity index (χ0v) is 12.0. The van der Waals surface area contributed by atoms with Gasteiger partial charge in [0.05, 0.1) is 0 Å². The number of fused-ring (bicyclic) bond motifs is 1. The van der Waals surface area contributed by atoms with E-state index in [-0.39, 0.29) is 17.0 Å². The molecule has 0 radical (unpaired) electrons. The molecule has 4 nitrogen and oxygen atoms in total. The Hall–Kier alpha value is -0.770. The Morgan fingerprint density at radius 3 is 2.83 bits per heavy atom. The summed E-state index contributed by atoms with van der Waals surface area (Å²) < 4.78 is 0. The first kappa shape index (κ1) is 13.7. The van der Waals surface area contributed by atoms with Crippen molar-refractivity contribution in [3.8, 4) is 0 Å². The number of urea groups is 1. The zero-order chi connectivity index (χ0) is 13.4. The fourth-order valence-electron chi connectivity index (χ4n) is 3.43. The standard InChI is InChI=1S/C14H27N3O/c1-4-13(2,3)16-12(18)17-9-8-14(10-15)7-5-6-11(14)17/h11H,4-10,15H2,1-3H3,(H,16,18)/t11-,14-/m0/s1. The molecular weight excluding hydrogens is 226 g/mol. The number of hydrogen-bond donors (Lipinski definition) is 2. The van der Waals surface area contributed by atoms with E-state index in [4.69, 9.17) is 5.73 Å². The van der Waals surface area contributed by atoms with Crippen molar-refractivity contribution < 1.29 is 4.79 Å². The monoisotopic (exact) mass is 253 g/mol. The van der Waals surface area contributed by atoms with E-state index in [0.717, 1.165) is 32.4 Å². The maximum Gasteiger partial charge on any atom is 0.318 e. The summed E-state index contributed by atoms with van der Waals surface area (Å²) in [6.07, 6.45) is 5.54. The van der Waals surface area contributed by atoms with Gasteiger partial charge in [-0.2, -0.15) is 0 Å². The van der Waals surface area contributed by atoms with Crippen LogP contribution in [0.4, 0.5) is 4.79 Å². The van der Waals surface area contributed by atoms with Crippen LogP contribution in [0.1, 0.15) is 52.9 Å². The molecule has 0 aromatic carbocycles. The van der Waals surface area contributed by atoms with E-state index >= 15 is 0 Å². The van der Waals surface area contributed by atoms with Crippen molar-refractivity contribution in [3.05, 3.63) is 0 Å². The highest BCUT2D eigenvalue weighted by Gasteiger charge is 2.51. The smallest absolute Gasteiger partial charge is 0.318 e. The molecule has 2 fully saturated rings. The van der Waals surface area contributed by atoms with Crippen LogP contribution in [0.2, 0.25) is 0 Å². The fourth-order valence-corrected chi connectivity index (χ4v) is 3.43. The van der Waals surface area contributed by atoms with Crippen LogP contribution in [0.3, 0.4) is 0 Å². The molecule has 1 aliphatic heterocycles. The Morgan fingerprint density at radius 2 is 2.22 bits per heavy atom. The van der Waals surface area contributed by atoms with Gasteiger partial charge in [0.1, 0.15) is 0 Å². The third-order valence-corrected chi connectivity index (χ3v) is 5.08. The van der Waals surface area contributed by atoms with Crippen LogP contribution in [0, 0.1) is 5.41 Å². The minimum atomic E-state index is -0.121. The molecule has 2 amide bonds. The molecule has 1 saturated heterocycles. The third kappa shape index (κ3) is 2.22. The van der Waals surface area contributed by atoms with Crippen LogP contribution in [-0.2, 0) is 0 Å². The predicted octanol–water partition coefficient (Wildman–Crippen LogP) is 2.09. The summed E-state index contributed by atoms with van der Waals surface area (Å²) in [5.41, 5.74) is 6.06. The van der Waals surface area contributed by atoms with Gasteiger partial charge in [-0.3, -0.25) is 0 Å². The second kappa shape index (κ2) is 4.72. The van der Waals surface area contributed by atoms with Gasteiger partial charge < -0.3 is 16.0 Å². The van der Waals surface area contributed by atoms with Gasteiger partial charge >= 0.3 is 6.03 Å². The van der Waals surface area contributed by atoms with Crippen molar-refractivity contribution in [2.24, 2.45) is 11.1 Å². The lowest BCUT2D eigenvalue weighted by molar-refractivity contribution is 0.164. The van der Waals surface area contributed by atoms with Crippen molar-refractivity contribution in [1.82, 2.24) is 10.2 Å². The number of amides is 2. The molecule has 1 heterocycles. The van der Waals surface area contributed by atoms with Crippen molar-refractivity contribution in [2.45, 2.75) is 64.5 Å². The van der Waals surface area contributed by atoms with Crippen molar-refractivity contribution >= 4 is 6.03 Å². The summed E-state index contributed by atoms with van der Waals surface area (Å²) in [6.45, 7) is 7.84. The molecular formula is C14H27N3O. The van der Waals surface area contributed by atoms with E-state index in [1.165, 1.54) is 12.8 Å². The molecule has 0 aromatic rings. The number of rotatable bonds is 3. The maximum absolute atomic E-state index is 12.4. The van der Waals surface area contributed by atoms with Crippen LogP contribution in [0.5, 0.6) is 0 Å². The first-order valence-electron chi connectivity index (χ1n) is 7.23. The normalized spacial score (nSPS) is 31.6. The molecule has 2 aliphatic rings. The van der Waals surface area contributed by atoms with Gasteiger partial charge in [0.15, 0.2) is 0 Å². The van der Waals surface area contributed by atoms with Crippen LogP contribution in [-0.4, -0.2) is 35.6 Å². The maximum atomic E-state index is 12.4. The number of nitrogens with zero attached hydrogens (tertiary/aromatic N) is 1. The number of hydrogen-bond acceptors (Lipinski definition) is 2. The van der Waals surface area contributed by atoms with Crippen molar-refractivity contribution in [3.63, 3.8) is 0 Å². The topological polar surface area (TPSA) is 58.4 Å². The summed E-state index contributed by atoms with van der Waals surface area (Å²) in [5.74, 6) is 0. The van der Waals surface area contributed by atoms with Gasteiger partial charge in [-0.15, -0.1) is 0 Å². The molecule has 0 spiro atoms. The Bertz CT molecular complexity index is 329. The number of nitrogens with two attached hydrogens (primary N) is 1. The van der Waals surface area contributed by atoms with Gasteiger partial charge in [0.2, 0.25) is 0 Å². The summed E-state index contributed by atoms with van der Waals surface area (Å²) >= 11 is 0. The summed E-state index contributed by atoms with van der Waals surface area (Å²) in [4.78, 5) is 14.4. The van der Waals surface area contributed by atoms with Gasteiger partial charge in [-0.05, 0) is 46.1 Å². The molecule has 18 heavy (non-hydrogen) atoms. The molecule has 2 rings (SSSR count). The molecule has 3 N–H and O–H groups in total. The molecule has 0 bridgehead atoms. The Kier molecular flexibility index (Phi) is 3.58. The van der Waals surface area contributed by atoms with E-state index < -0.39 is 0 Å². The molecule has 2 atom stereocenters. The minimum absolute atomic E-state index is 0.101. The largest absolute Gasteiger partial charge is 0.333 e. The zero-order valence-electron chi connectivity index (χ0n) is 12.0. The number of nitrogens with one attached hydrogen (secondary N) is 1. The second-order valence-electron chi connectivity index (χ2n) is 6.59. The lowest BCUT2D eigenvalue weighted by Gasteiger charge is -2.34. The van der Waals surface area contributed by atoms with Crippen molar-refractivity contribution in [2.75, 3.05) is 13.1 Å². The van der Waals surface area contributed by atoms with Gasteiger partial charge in [-0.25, -0.2) is 4.79 Å². The molecule has 104 valence electrons. The van der Waals surface area contributed by atoms with Crippen LogP contribution < -0.4 is 11.1 Å². The first-order chi connectivity index (χ1) is 8.44. The molecule has 0 unspecified atom stereocenters. The highest BCUT2D eigenvalue weighted by molar-refractivity contribution is 5.76. The third-order valence-electron chi connectivity index (χ3n) is 5.08. The van der Waals surface area contributed by atoms with Crippen LogP contribution >= 0.6 is 0 Å².